The highest BCUT2D eigenvalue weighted by Crippen LogP contribution is 2.31. The summed E-state index contributed by atoms with van der Waals surface area (Å²) in [6.07, 6.45) is 2.19. The normalized spacial score (nSPS) is 14.3. The van der Waals surface area contributed by atoms with Crippen LogP contribution in [-0.4, -0.2) is 24.2 Å². The molecule has 2 aromatic rings. The number of carbonyl (C=O) groups is 1. The average molecular weight is 273 g/mol. The van der Waals surface area contributed by atoms with E-state index >= 15 is 0 Å². The van der Waals surface area contributed by atoms with Crippen molar-refractivity contribution in [3.8, 4) is 5.75 Å². The summed E-state index contributed by atoms with van der Waals surface area (Å²) in [6.45, 7) is 2.07. The van der Waals surface area contributed by atoms with E-state index in [1.165, 1.54) is 6.26 Å². The van der Waals surface area contributed by atoms with E-state index in [1.807, 2.05) is 24.3 Å². The number of aromatic carboxylic acids is 1. The van der Waals surface area contributed by atoms with Gasteiger partial charge < -0.3 is 19.2 Å². The third-order valence-electron chi connectivity index (χ3n) is 3.28. The summed E-state index contributed by atoms with van der Waals surface area (Å²) in [6, 6.07) is 9.42. The second-order valence-electron chi connectivity index (χ2n) is 4.70. The zero-order valence-corrected chi connectivity index (χ0v) is 10.9. The number of hydrogen-bond acceptors (Lipinski definition) is 4. The highest BCUT2D eigenvalue weighted by atomic mass is 16.5. The van der Waals surface area contributed by atoms with Gasteiger partial charge in [0.1, 0.15) is 17.8 Å². The van der Waals surface area contributed by atoms with Crippen molar-refractivity contribution in [2.75, 3.05) is 18.1 Å². The van der Waals surface area contributed by atoms with Gasteiger partial charge in [0.2, 0.25) is 0 Å². The number of ether oxygens (including phenoxy) is 1. The molecule has 0 aliphatic carbocycles. The Hall–Kier alpha value is -2.43. The molecule has 1 aliphatic heterocycles. The lowest BCUT2D eigenvalue weighted by Gasteiger charge is -2.22. The second-order valence-corrected chi connectivity index (χ2v) is 4.70. The number of benzene rings is 1. The van der Waals surface area contributed by atoms with Crippen LogP contribution in [0.2, 0.25) is 0 Å². The lowest BCUT2D eigenvalue weighted by atomic mass is 10.2. The number of carboxylic acids is 1. The molecule has 0 amide bonds. The highest BCUT2D eigenvalue weighted by molar-refractivity contribution is 5.87. The molecule has 1 aromatic heterocycles. The van der Waals surface area contributed by atoms with E-state index in [1.54, 1.807) is 6.07 Å². The maximum atomic E-state index is 10.9. The quantitative estimate of drug-likeness (QED) is 0.931. The molecule has 0 bridgehead atoms. The van der Waals surface area contributed by atoms with Gasteiger partial charge in [-0.1, -0.05) is 12.1 Å². The van der Waals surface area contributed by atoms with Crippen molar-refractivity contribution in [3.05, 3.63) is 47.9 Å². The molecule has 20 heavy (non-hydrogen) atoms. The van der Waals surface area contributed by atoms with Crippen LogP contribution in [0.1, 0.15) is 22.5 Å². The van der Waals surface area contributed by atoms with Crippen molar-refractivity contribution in [2.24, 2.45) is 0 Å². The Labute approximate surface area is 116 Å². The number of furan rings is 1. The number of carboxylic acid groups (broad SMARTS) is 1. The molecule has 1 aromatic carbocycles. The summed E-state index contributed by atoms with van der Waals surface area (Å²) in [5.74, 6) is 0.522. The van der Waals surface area contributed by atoms with E-state index in [0.717, 1.165) is 24.4 Å². The van der Waals surface area contributed by atoms with Crippen LogP contribution in [0.5, 0.6) is 5.75 Å². The van der Waals surface area contributed by atoms with Crippen LogP contribution < -0.4 is 9.64 Å². The maximum Gasteiger partial charge on any atom is 0.338 e. The largest absolute Gasteiger partial charge is 0.491 e. The first-order valence-electron chi connectivity index (χ1n) is 6.51. The summed E-state index contributed by atoms with van der Waals surface area (Å²) in [7, 11) is 0. The zero-order valence-electron chi connectivity index (χ0n) is 10.9. The summed E-state index contributed by atoms with van der Waals surface area (Å²) in [5, 5.41) is 8.91. The predicted molar refractivity (Wildman–Crippen MR) is 73.3 cm³/mol. The Morgan fingerprint density at radius 1 is 1.35 bits per heavy atom. The van der Waals surface area contributed by atoms with Gasteiger partial charge in [-0.15, -0.1) is 0 Å². The molecule has 0 radical (unpaired) electrons. The van der Waals surface area contributed by atoms with Crippen LogP contribution in [0.3, 0.4) is 0 Å². The SMILES string of the molecule is O=C(O)c1coc(CN2CCCOc3ccccc32)c1. The van der Waals surface area contributed by atoms with Crippen molar-refractivity contribution < 1.29 is 19.1 Å². The fraction of sp³-hybridized carbons (Fsp3) is 0.267. The topological polar surface area (TPSA) is 62.9 Å². The van der Waals surface area contributed by atoms with E-state index in [2.05, 4.69) is 4.90 Å². The summed E-state index contributed by atoms with van der Waals surface area (Å²) >= 11 is 0. The Morgan fingerprint density at radius 3 is 3.00 bits per heavy atom. The fourth-order valence-electron chi connectivity index (χ4n) is 2.33. The number of nitrogens with zero attached hydrogens (tertiary/aromatic N) is 1. The fourth-order valence-corrected chi connectivity index (χ4v) is 2.33. The molecule has 0 saturated carbocycles. The maximum absolute atomic E-state index is 10.9. The van der Waals surface area contributed by atoms with Gasteiger partial charge >= 0.3 is 5.97 Å². The third-order valence-corrected chi connectivity index (χ3v) is 3.28. The molecule has 1 N–H and O–H groups in total. The van der Waals surface area contributed by atoms with Gasteiger partial charge in [0.25, 0.3) is 0 Å². The average Bonchev–Trinajstić information content (AvgIpc) is 2.82. The Morgan fingerprint density at radius 2 is 2.20 bits per heavy atom. The number of anilines is 1. The van der Waals surface area contributed by atoms with Crippen molar-refractivity contribution in [1.29, 1.82) is 0 Å². The van der Waals surface area contributed by atoms with Gasteiger partial charge in [0, 0.05) is 6.54 Å². The molecular formula is C15H15NO4. The summed E-state index contributed by atoms with van der Waals surface area (Å²) in [5.41, 5.74) is 1.19. The minimum atomic E-state index is -0.973. The molecule has 0 spiro atoms. The highest BCUT2D eigenvalue weighted by Gasteiger charge is 2.18. The lowest BCUT2D eigenvalue weighted by Crippen LogP contribution is -2.22. The van der Waals surface area contributed by atoms with Crippen LogP contribution in [0, 0.1) is 0 Å². The van der Waals surface area contributed by atoms with Crippen molar-refractivity contribution in [2.45, 2.75) is 13.0 Å². The van der Waals surface area contributed by atoms with Crippen LogP contribution in [0.15, 0.2) is 41.0 Å². The first-order valence-corrected chi connectivity index (χ1v) is 6.51. The molecule has 0 unspecified atom stereocenters. The van der Waals surface area contributed by atoms with Crippen LogP contribution >= 0.6 is 0 Å². The van der Waals surface area contributed by atoms with Crippen molar-refractivity contribution in [1.82, 2.24) is 0 Å². The van der Waals surface area contributed by atoms with E-state index in [9.17, 15) is 4.79 Å². The number of fused-ring (bicyclic) bond motifs is 1. The molecule has 0 fully saturated rings. The Kier molecular flexibility index (Phi) is 3.33. The summed E-state index contributed by atoms with van der Waals surface area (Å²) in [4.78, 5) is 13.0. The van der Waals surface area contributed by atoms with Gasteiger partial charge in [-0.3, -0.25) is 0 Å². The van der Waals surface area contributed by atoms with Crippen LogP contribution in [-0.2, 0) is 6.54 Å². The first kappa shape index (κ1) is 12.6. The molecular weight excluding hydrogens is 258 g/mol. The van der Waals surface area contributed by atoms with Crippen molar-refractivity contribution in [3.63, 3.8) is 0 Å². The molecule has 5 nitrogen and oxygen atoms in total. The van der Waals surface area contributed by atoms with Gasteiger partial charge in [-0.2, -0.15) is 0 Å². The zero-order chi connectivity index (χ0) is 13.9. The lowest BCUT2D eigenvalue weighted by molar-refractivity contribution is 0.0696. The smallest absolute Gasteiger partial charge is 0.338 e. The minimum Gasteiger partial charge on any atom is -0.491 e. The Balaban J connectivity index is 1.84. The Bertz CT molecular complexity index is 620. The standard InChI is InChI=1S/C15H15NO4/c17-15(18)11-8-12(20-10-11)9-16-6-3-7-19-14-5-2-1-4-13(14)16/h1-2,4-5,8,10H,3,6-7,9H2,(H,17,18). The second kappa shape index (κ2) is 5.28. The molecule has 0 atom stereocenters. The monoisotopic (exact) mass is 273 g/mol. The van der Waals surface area contributed by atoms with Crippen molar-refractivity contribution >= 4 is 11.7 Å². The third kappa shape index (κ3) is 2.47. The summed E-state index contributed by atoms with van der Waals surface area (Å²) < 4.78 is 11.0. The molecule has 1 aliphatic rings. The molecule has 2 heterocycles. The van der Waals surface area contributed by atoms with Crippen LogP contribution in [0.25, 0.3) is 0 Å². The van der Waals surface area contributed by atoms with Gasteiger partial charge in [0.05, 0.1) is 24.4 Å². The van der Waals surface area contributed by atoms with Gasteiger partial charge in [0.15, 0.2) is 0 Å². The predicted octanol–water partition coefficient (Wildman–Crippen LogP) is 2.77. The van der Waals surface area contributed by atoms with E-state index in [4.69, 9.17) is 14.3 Å². The van der Waals surface area contributed by atoms with Crippen LogP contribution in [0.4, 0.5) is 5.69 Å². The van der Waals surface area contributed by atoms with Gasteiger partial charge in [-0.25, -0.2) is 4.79 Å². The number of rotatable bonds is 3. The van der Waals surface area contributed by atoms with Gasteiger partial charge in [-0.05, 0) is 24.6 Å². The molecule has 3 rings (SSSR count). The van der Waals surface area contributed by atoms with E-state index in [-0.39, 0.29) is 5.56 Å². The van der Waals surface area contributed by atoms with E-state index in [0.29, 0.717) is 18.9 Å². The number of para-hydroxylation sites is 2. The number of hydrogen-bond donors (Lipinski definition) is 1. The molecule has 5 heteroatoms. The minimum absolute atomic E-state index is 0.180. The molecule has 0 saturated heterocycles. The first-order chi connectivity index (χ1) is 9.74. The van der Waals surface area contributed by atoms with E-state index < -0.39 is 5.97 Å². The molecule has 104 valence electrons.